The Kier molecular flexibility index (Phi) is 4.21. The van der Waals surface area contributed by atoms with E-state index in [-0.39, 0.29) is 29.7 Å². The number of hydrogen-bond acceptors (Lipinski definition) is 4. The van der Waals surface area contributed by atoms with Gasteiger partial charge in [0.05, 0.1) is 5.92 Å². The van der Waals surface area contributed by atoms with Crippen molar-refractivity contribution in [1.29, 1.82) is 0 Å². The quantitative estimate of drug-likeness (QED) is 0.765. The average Bonchev–Trinajstić information content (AvgIpc) is 3.16. The molecule has 3 N–H and O–H groups in total. The molecule has 4 rings (SSSR count). The molecule has 1 aliphatic carbocycles. The Bertz CT molecular complexity index is 677. The lowest BCUT2D eigenvalue weighted by atomic mass is 9.92. The highest BCUT2D eigenvalue weighted by Gasteiger charge is 2.48. The molecule has 2 aliphatic heterocycles. The lowest BCUT2D eigenvalue weighted by molar-refractivity contribution is -0.142. The normalized spacial score (nSPS) is 32.1. The van der Waals surface area contributed by atoms with Crippen molar-refractivity contribution >= 4 is 11.9 Å². The van der Waals surface area contributed by atoms with Crippen LogP contribution in [0.5, 0.6) is 0 Å². The summed E-state index contributed by atoms with van der Waals surface area (Å²) in [5, 5.41) is 9.44. The molecule has 4 atom stereocenters. The van der Waals surface area contributed by atoms with Gasteiger partial charge < -0.3 is 10.0 Å². The van der Waals surface area contributed by atoms with Gasteiger partial charge in [-0.1, -0.05) is 12.1 Å². The molecule has 2 heterocycles. The lowest BCUT2D eigenvalue weighted by Crippen LogP contribution is -2.45. The third kappa shape index (κ3) is 3.26. The van der Waals surface area contributed by atoms with E-state index in [1.807, 2.05) is 0 Å². The first kappa shape index (κ1) is 16.5. The smallest absolute Gasteiger partial charge is 0.308 e. The summed E-state index contributed by atoms with van der Waals surface area (Å²) in [6.45, 7) is 0.842. The third-order valence-corrected chi connectivity index (χ3v) is 5.70. The minimum atomic E-state index is -0.797. The van der Waals surface area contributed by atoms with Crippen molar-refractivity contribution in [3.05, 3.63) is 35.6 Å². The number of aliphatic carboxylic acids is 1. The predicted octanol–water partition coefficient (Wildman–Crippen LogP) is 1.30. The van der Waals surface area contributed by atoms with Crippen LogP contribution in [0.1, 0.15) is 30.9 Å². The van der Waals surface area contributed by atoms with E-state index in [2.05, 4.69) is 10.9 Å². The minimum Gasteiger partial charge on any atom is -0.481 e. The number of halogens is 1. The van der Waals surface area contributed by atoms with Crippen LogP contribution in [-0.4, -0.2) is 41.0 Å². The number of carbonyl (C=O) groups is 2. The van der Waals surface area contributed by atoms with Crippen LogP contribution >= 0.6 is 0 Å². The molecule has 1 aromatic carbocycles. The van der Waals surface area contributed by atoms with Crippen molar-refractivity contribution in [1.82, 2.24) is 15.8 Å². The Labute approximate surface area is 145 Å². The Morgan fingerprint density at radius 3 is 2.48 bits per heavy atom. The predicted molar refractivity (Wildman–Crippen MR) is 87.7 cm³/mol. The molecule has 3 fully saturated rings. The third-order valence-electron chi connectivity index (χ3n) is 5.70. The topological polar surface area (TPSA) is 81.7 Å². The lowest BCUT2D eigenvalue weighted by Gasteiger charge is -2.20. The summed E-state index contributed by atoms with van der Waals surface area (Å²) in [6, 6.07) is 5.78. The number of hydrazine groups is 1. The number of hydrogen-bond donors (Lipinski definition) is 3. The van der Waals surface area contributed by atoms with Crippen molar-refractivity contribution in [3.63, 3.8) is 0 Å². The average molecular weight is 347 g/mol. The van der Waals surface area contributed by atoms with Gasteiger partial charge in [-0.2, -0.15) is 0 Å². The number of rotatable bonds is 4. The van der Waals surface area contributed by atoms with Crippen molar-refractivity contribution in [3.8, 4) is 0 Å². The summed E-state index contributed by atoms with van der Waals surface area (Å²) in [4.78, 5) is 26.0. The van der Waals surface area contributed by atoms with E-state index in [1.54, 1.807) is 17.0 Å². The molecule has 0 radical (unpaired) electrons. The van der Waals surface area contributed by atoms with Gasteiger partial charge in [0.15, 0.2) is 0 Å². The highest BCUT2D eigenvalue weighted by Crippen LogP contribution is 2.44. The fourth-order valence-corrected chi connectivity index (χ4v) is 4.12. The molecule has 2 saturated heterocycles. The second kappa shape index (κ2) is 6.38. The monoisotopic (exact) mass is 347 g/mol. The van der Waals surface area contributed by atoms with E-state index in [0.29, 0.717) is 25.4 Å². The molecule has 0 spiro atoms. The largest absolute Gasteiger partial charge is 0.481 e. The van der Waals surface area contributed by atoms with E-state index in [9.17, 15) is 19.1 Å². The van der Waals surface area contributed by atoms with Crippen LogP contribution < -0.4 is 10.9 Å². The van der Waals surface area contributed by atoms with Gasteiger partial charge in [0.25, 0.3) is 0 Å². The SMILES string of the molecule is O=C(O)[C@H]1CN(C(=O)C2CC(c3ccc(F)cc3)NN2)C[C@@H]1C1CC1. The molecule has 7 heteroatoms. The van der Waals surface area contributed by atoms with Crippen molar-refractivity contribution in [2.75, 3.05) is 13.1 Å². The van der Waals surface area contributed by atoms with Gasteiger partial charge in [-0.05, 0) is 48.8 Å². The molecule has 6 nitrogen and oxygen atoms in total. The van der Waals surface area contributed by atoms with Crippen LogP contribution in [-0.2, 0) is 9.59 Å². The molecule has 0 bridgehead atoms. The standard InChI is InChI=1S/C18H22FN3O3/c19-12-5-3-11(4-6-12)15-7-16(21-20-15)17(23)22-8-13(10-1-2-10)14(9-22)18(24)25/h3-6,10,13-16,20-21H,1-2,7-9H2,(H,24,25)/t13-,14+,15?,16?/m1/s1. The number of amides is 1. The molecule has 0 aromatic heterocycles. The summed E-state index contributed by atoms with van der Waals surface area (Å²) in [5.74, 6) is -1.03. The Hall–Kier alpha value is -1.99. The van der Waals surface area contributed by atoms with Crippen LogP contribution in [0, 0.1) is 23.6 Å². The molecule has 1 amide bonds. The summed E-state index contributed by atoms with van der Waals surface area (Å²) < 4.78 is 13.0. The number of carboxylic acids is 1. The molecule has 3 aliphatic rings. The number of nitrogens with zero attached hydrogens (tertiary/aromatic N) is 1. The first-order chi connectivity index (χ1) is 12.0. The van der Waals surface area contributed by atoms with Gasteiger partial charge >= 0.3 is 5.97 Å². The summed E-state index contributed by atoms with van der Waals surface area (Å²) in [7, 11) is 0. The van der Waals surface area contributed by atoms with Crippen molar-refractivity contribution in [2.45, 2.75) is 31.3 Å². The summed E-state index contributed by atoms with van der Waals surface area (Å²) >= 11 is 0. The first-order valence-corrected chi connectivity index (χ1v) is 8.81. The number of likely N-dealkylation sites (tertiary alicyclic amines) is 1. The number of carboxylic acid groups (broad SMARTS) is 1. The van der Waals surface area contributed by atoms with Crippen LogP contribution in [0.25, 0.3) is 0 Å². The Balaban J connectivity index is 1.40. The molecular weight excluding hydrogens is 325 g/mol. The van der Waals surface area contributed by atoms with E-state index in [1.165, 1.54) is 12.1 Å². The highest BCUT2D eigenvalue weighted by atomic mass is 19.1. The summed E-state index contributed by atoms with van der Waals surface area (Å²) in [5.41, 5.74) is 7.03. The Morgan fingerprint density at radius 1 is 1.12 bits per heavy atom. The number of carbonyl (C=O) groups excluding carboxylic acids is 1. The minimum absolute atomic E-state index is 0.0495. The maximum Gasteiger partial charge on any atom is 0.308 e. The maximum atomic E-state index is 13.0. The second-order valence-corrected chi connectivity index (χ2v) is 7.37. The van der Waals surface area contributed by atoms with Gasteiger partial charge in [-0.3, -0.25) is 9.59 Å². The van der Waals surface area contributed by atoms with Crippen LogP contribution in [0.2, 0.25) is 0 Å². The molecule has 1 saturated carbocycles. The fraction of sp³-hybridized carbons (Fsp3) is 0.556. The van der Waals surface area contributed by atoms with Crippen LogP contribution in [0.3, 0.4) is 0 Å². The molecule has 2 unspecified atom stereocenters. The van der Waals surface area contributed by atoms with Crippen molar-refractivity contribution < 1.29 is 19.1 Å². The maximum absolute atomic E-state index is 13.0. The van der Waals surface area contributed by atoms with Gasteiger partial charge in [0.2, 0.25) is 5.91 Å². The zero-order chi connectivity index (χ0) is 17.6. The molecular formula is C18H22FN3O3. The molecule has 25 heavy (non-hydrogen) atoms. The number of nitrogens with one attached hydrogen (secondary N) is 2. The zero-order valence-corrected chi connectivity index (χ0v) is 13.8. The fourth-order valence-electron chi connectivity index (χ4n) is 4.12. The van der Waals surface area contributed by atoms with Gasteiger partial charge in [-0.15, -0.1) is 0 Å². The van der Waals surface area contributed by atoms with Crippen molar-refractivity contribution in [2.24, 2.45) is 17.8 Å². The summed E-state index contributed by atoms with van der Waals surface area (Å²) in [6.07, 6.45) is 2.71. The Morgan fingerprint density at radius 2 is 1.84 bits per heavy atom. The second-order valence-electron chi connectivity index (χ2n) is 7.37. The van der Waals surface area contributed by atoms with E-state index < -0.39 is 11.9 Å². The molecule has 1 aromatic rings. The first-order valence-electron chi connectivity index (χ1n) is 8.81. The molecule has 134 valence electrons. The van der Waals surface area contributed by atoms with E-state index >= 15 is 0 Å². The van der Waals surface area contributed by atoms with Gasteiger partial charge in [0.1, 0.15) is 11.9 Å². The highest BCUT2D eigenvalue weighted by molar-refractivity contribution is 5.84. The zero-order valence-electron chi connectivity index (χ0n) is 13.8. The van der Waals surface area contributed by atoms with E-state index in [0.717, 1.165) is 18.4 Å². The van der Waals surface area contributed by atoms with Gasteiger partial charge in [-0.25, -0.2) is 15.2 Å². The van der Waals surface area contributed by atoms with E-state index in [4.69, 9.17) is 0 Å². The van der Waals surface area contributed by atoms with Crippen LogP contribution in [0.15, 0.2) is 24.3 Å². The van der Waals surface area contributed by atoms with Gasteiger partial charge in [0, 0.05) is 19.1 Å². The van der Waals surface area contributed by atoms with Crippen LogP contribution in [0.4, 0.5) is 4.39 Å². The number of benzene rings is 1.